The van der Waals surface area contributed by atoms with E-state index < -0.39 is 5.60 Å². The number of hydrogen-bond donors (Lipinski definition) is 0. The molecule has 2 amide bonds. The number of hydrogen-bond acceptors (Lipinski definition) is 7. The summed E-state index contributed by atoms with van der Waals surface area (Å²) in [7, 11) is 0. The van der Waals surface area contributed by atoms with Crippen molar-refractivity contribution in [1.29, 1.82) is 0 Å². The predicted molar refractivity (Wildman–Crippen MR) is 139 cm³/mol. The van der Waals surface area contributed by atoms with Gasteiger partial charge in [0, 0.05) is 25.2 Å². The van der Waals surface area contributed by atoms with Crippen molar-refractivity contribution in [2.45, 2.75) is 77.3 Å². The summed E-state index contributed by atoms with van der Waals surface area (Å²) in [5.74, 6) is 0.800. The van der Waals surface area contributed by atoms with Crippen LogP contribution in [-0.2, 0) is 29.0 Å². The second kappa shape index (κ2) is 9.67. The summed E-state index contributed by atoms with van der Waals surface area (Å²) < 4.78 is 11.3. The van der Waals surface area contributed by atoms with Crippen molar-refractivity contribution >= 4 is 29.6 Å². The van der Waals surface area contributed by atoms with Gasteiger partial charge in [0.1, 0.15) is 18.0 Å². The summed E-state index contributed by atoms with van der Waals surface area (Å²) in [6, 6.07) is 9.65. The van der Waals surface area contributed by atoms with Crippen molar-refractivity contribution in [3.8, 4) is 0 Å². The Kier molecular flexibility index (Phi) is 6.68. The summed E-state index contributed by atoms with van der Waals surface area (Å²) in [6.07, 6.45) is 1.78. The van der Waals surface area contributed by atoms with Gasteiger partial charge in [0.15, 0.2) is 0 Å². The quantitative estimate of drug-likeness (QED) is 0.529. The lowest BCUT2D eigenvalue weighted by Gasteiger charge is -2.48. The Balaban J connectivity index is 1.31. The molecule has 5 rings (SSSR count). The summed E-state index contributed by atoms with van der Waals surface area (Å²) >= 11 is 6.38. The van der Waals surface area contributed by atoms with Crippen LogP contribution >= 0.6 is 11.6 Å². The van der Waals surface area contributed by atoms with Crippen molar-refractivity contribution in [2.75, 3.05) is 24.5 Å². The molecule has 1 aromatic heterocycles. The summed E-state index contributed by atoms with van der Waals surface area (Å²) in [6.45, 7) is 10.1. The third-order valence-electron chi connectivity index (χ3n) is 7.29. The van der Waals surface area contributed by atoms with Crippen molar-refractivity contribution in [1.82, 2.24) is 19.8 Å². The van der Waals surface area contributed by atoms with Crippen LogP contribution in [0.2, 0.25) is 5.28 Å². The fraction of sp³-hybridized carbons (Fsp3) is 0.556. The highest BCUT2D eigenvalue weighted by Gasteiger charge is 2.52. The molecule has 3 aliphatic rings. The van der Waals surface area contributed by atoms with Crippen LogP contribution in [-0.4, -0.2) is 68.8 Å². The Hall–Kier alpha value is -3.07. The number of carbonyl (C=O) groups is 2. The maximum absolute atomic E-state index is 13.0. The van der Waals surface area contributed by atoms with Crippen LogP contribution in [0, 0.1) is 0 Å². The molecule has 0 unspecified atom stereocenters. The molecule has 198 valence electrons. The minimum absolute atomic E-state index is 0.0334. The molecule has 9 nitrogen and oxygen atoms in total. The molecule has 0 N–H and O–H groups in total. The molecule has 10 heteroatoms. The topological polar surface area (TPSA) is 88.1 Å². The number of piperazine rings is 1. The third-order valence-corrected chi connectivity index (χ3v) is 7.46. The first-order valence-electron chi connectivity index (χ1n) is 12.8. The fourth-order valence-electron chi connectivity index (χ4n) is 5.68. The Morgan fingerprint density at radius 2 is 1.92 bits per heavy atom. The minimum atomic E-state index is -0.544. The molecule has 0 spiro atoms. The van der Waals surface area contributed by atoms with Crippen LogP contribution in [0.4, 0.5) is 15.4 Å². The van der Waals surface area contributed by atoms with E-state index in [1.54, 1.807) is 4.90 Å². The van der Waals surface area contributed by atoms with Crippen molar-refractivity contribution in [3.63, 3.8) is 0 Å². The van der Waals surface area contributed by atoms with E-state index in [1.165, 1.54) is 0 Å². The molecule has 2 fully saturated rings. The maximum Gasteiger partial charge on any atom is 0.411 e. The normalized spacial score (nSPS) is 23.1. The first-order valence-corrected chi connectivity index (χ1v) is 13.2. The molecule has 1 aromatic carbocycles. The molecule has 4 heterocycles. The van der Waals surface area contributed by atoms with E-state index in [4.69, 9.17) is 21.1 Å². The lowest BCUT2D eigenvalue weighted by molar-refractivity contribution is -0.00283. The van der Waals surface area contributed by atoms with Gasteiger partial charge in [0.25, 0.3) is 0 Å². The van der Waals surface area contributed by atoms with E-state index in [0.29, 0.717) is 32.6 Å². The zero-order valence-electron chi connectivity index (χ0n) is 21.9. The molecular formula is C27H34ClN5O4. The molecule has 0 radical (unpaired) electrons. The minimum Gasteiger partial charge on any atom is -0.445 e. The van der Waals surface area contributed by atoms with Gasteiger partial charge in [-0.3, -0.25) is 4.90 Å². The molecular weight excluding hydrogens is 494 g/mol. The largest absolute Gasteiger partial charge is 0.445 e. The summed E-state index contributed by atoms with van der Waals surface area (Å²) in [5, 5.41) is 0.153. The summed E-state index contributed by atoms with van der Waals surface area (Å²) in [5.41, 5.74) is 1.78. The molecule has 2 saturated heterocycles. The second-order valence-corrected chi connectivity index (χ2v) is 11.7. The fourth-order valence-corrected chi connectivity index (χ4v) is 5.86. The van der Waals surface area contributed by atoms with Crippen LogP contribution in [0.1, 0.15) is 57.4 Å². The number of nitrogens with zero attached hydrogens (tertiary/aromatic N) is 5. The highest BCUT2D eigenvalue weighted by molar-refractivity contribution is 6.28. The first kappa shape index (κ1) is 25.6. The van der Waals surface area contributed by atoms with Gasteiger partial charge in [-0.2, -0.15) is 0 Å². The van der Waals surface area contributed by atoms with Gasteiger partial charge in [0.05, 0.1) is 23.8 Å². The monoisotopic (exact) mass is 527 g/mol. The zero-order chi connectivity index (χ0) is 26.4. The predicted octanol–water partition coefficient (Wildman–Crippen LogP) is 4.80. The summed E-state index contributed by atoms with van der Waals surface area (Å²) in [4.78, 5) is 40.7. The Labute approximate surface area is 222 Å². The number of anilines is 1. The number of benzene rings is 1. The lowest BCUT2D eigenvalue weighted by atomic mass is 9.97. The number of aromatic nitrogens is 2. The molecule has 0 saturated carbocycles. The van der Waals surface area contributed by atoms with Gasteiger partial charge >= 0.3 is 12.2 Å². The van der Waals surface area contributed by atoms with E-state index in [-0.39, 0.29) is 35.7 Å². The third kappa shape index (κ3) is 5.32. The van der Waals surface area contributed by atoms with Gasteiger partial charge in [-0.15, -0.1) is 0 Å². The molecule has 2 bridgehead atoms. The highest BCUT2D eigenvalue weighted by atomic mass is 35.5. The van der Waals surface area contributed by atoms with Gasteiger partial charge in [-0.05, 0) is 64.1 Å². The van der Waals surface area contributed by atoms with E-state index in [9.17, 15) is 9.59 Å². The van der Waals surface area contributed by atoms with E-state index in [0.717, 1.165) is 35.5 Å². The molecule has 2 atom stereocenters. The van der Waals surface area contributed by atoms with Crippen LogP contribution in [0.5, 0.6) is 0 Å². The average molecular weight is 528 g/mol. The number of rotatable bonds is 3. The number of carbonyl (C=O) groups excluding carboxylic acids is 2. The van der Waals surface area contributed by atoms with E-state index in [1.807, 2.05) is 56.0 Å². The Morgan fingerprint density at radius 1 is 1.16 bits per heavy atom. The molecule has 37 heavy (non-hydrogen) atoms. The SMILES string of the molecule is CC(C)(C)OC(=O)N1[C@@H]2CC[C@@]1(C)CN(c1nc(Cl)nc3c1CCN(C(=O)OCc1ccccc1)C3)C2. The van der Waals surface area contributed by atoms with E-state index in [2.05, 4.69) is 21.8 Å². The maximum atomic E-state index is 13.0. The zero-order valence-corrected chi connectivity index (χ0v) is 22.6. The molecule has 3 aliphatic heterocycles. The van der Waals surface area contributed by atoms with Crippen molar-refractivity contribution < 1.29 is 19.1 Å². The number of halogens is 1. The Bertz CT molecular complexity index is 1190. The van der Waals surface area contributed by atoms with Crippen LogP contribution in [0.15, 0.2) is 30.3 Å². The van der Waals surface area contributed by atoms with Gasteiger partial charge in [-0.1, -0.05) is 30.3 Å². The van der Waals surface area contributed by atoms with Crippen LogP contribution in [0.25, 0.3) is 0 Å². The Morgan fingerprint density at radius 3 is 2.62 bits per heavy atom. The van der Waals surface area contributed by atoms with Gasteiger partial charge in [-0.25, -0.2) is 19.6 Å². The van der Waals surface area contributed by atoms with E-state index >= 15 is 0 Å². The lowest BCUT2D eigenvalue weighted by Crippen LogP contribution is -2.63. The van der Waals surface area contributed by atoms with Crippen LogP contribution < -0.4 is 4.90 Å². The highest BCUT2D eigenvalue weighted by Crippen LogP contribution is 2.42. The average Bonchev–Trinajstić information content (AvgIpc) is 3.06. The van der Waals surface area contributed by atoms with Gasteiger partial charge in [0.2, 0.25) is 5.28 Å². The smallest absolute Gasteiger partial charge is 0.411 e. The first-order chi connectivity index (χ1) is 17.5. The second-order valence-electron chi connectivity index (χ2n) is 11.4. The standard InChI is InChI=1S/C27H34ClN5O4/c1-26(2,3)37-25(35)33-19-10-12-27(33,4)17-32(14-19)22-20-11-13-31(15-21(20)29-23(28)30-22)24(34)36-16-18-8-6-5-7-9-18/h5-9,19H,10-17H2,1-4H3/t19-,27+/m1/s1. The van der Waals surface area contributed by atoms with Crippen molar-refractivity contribution in [2.24, 2.45) is 0 Å². The van der Waals surface area contributed by atoms with Crippen molar-refractivity contribution in [3.05, 3.63) is 52.4 Å². The van der Waals surface area contributed by atoms with Gasteiger partial charge < -0.3 is 19.3 Å². The number of ether oxygens (including phenoxy) is 2. The van der Waals surface area contributed by atoms with Crippen LogP contribution in [0.3, 0.4) is 0 Å². The number of amides is 2. The molecule has 0 aliphatic carbocycles. The molecule has 2 aromatic rings. The number of fused-ring (bicyclic) bond motifs is 3.